The van der Waals surface area contributed by atoms with Crippen LogP contribution in [0.3, 0.4) is 0 Å². The molecule has 2 fully saturated rings. The fourth-order valence-corrected chi connectivity index (χ4v) is 2.76. The fraction of sp³-hybridized carbons (Fsp3) is 1.00. The van der Waals surface area contributed by atoms with Crippen molar-refractivity contribution in [2.45, 2.75) is 44.8 Å². The summed E-state index contributed by atoms with van der Waals surface area (Å²) in [4.78, 5) is 2.58. The second-order valence-corrected chi connectivity index (χ2v) is 5.12. The quantitative estimate of drug-likeness (QED) is 0.764. The van der Waals surface area contributed by atoms with Crippen molar-refractivity contribution in [2.75, 3.05) is 26.2 Å². The fourth-order valence-electron chi connectivity index (χ4n) is 2.76. The third-order valence-electron chi connectivity index (χ3n) is 3.90. The van der Waals surface area contributed by atoms with Gasteiger partial charge in [0.25, 0.3) is 0 Å². The maximum Gasteiger partial charge on any atom is 0.0702 e. The van der Waals surface area contributed by atoms with Crippen molar-refractivity contribution in [1.82, 2.24) is 4.90 Å². The summed E-state index contributed by atoms with van der Waals surface area (Å²) in [6.07, 6.45) is 5.59. The molecule has 15 heavy (non-hydrogen) atoms. The van der Waals surface area contributed by atoms with Crippen molar-refractivity contribution in [3.05, 3.63) is 0 Å². The molecule has 0 saturated carbocycles. The zero-order valence-corrected chi connectivity index (χ0v) is 9.82. The molecule has 3 heteroatoms. The molecule has 0 aromatic carbocycles. The number of likely N-dealkylation sites (tertiary alicyclic amines) is 1. The van der Waals surface area contributed by atoms with Crippen LogP contribution >= 0.6 is 0 Å². The molecule has 2 N–H and O–H groups in total. The van der Waals surface area contributed by atoms with Gasteiger partial charge in [-0.05, 0) is 45.1 Å². The SMILES string of the molecule is CC1CCC(CN)CN1CC1CCCO1. The van der Waals surface area contributed by atoms with Crippen molar-refractivity contribution in [1.29, 1.82) is 0 Å². The Morgan fingerprint density at radius 2 is 2.20 bits per heavy atom. The normalized spacial score (nSPS) is 38.4. The summed E-state index contributed by atoms with van der Waals surface area (Å²) in [5, 5.41) is 0. The van der Waals surface area contributed by atoms with Gasteiger partial charge in [0.1, 0.15) is 0 Å². The Balaban J connectivity index is 1.82. The summed E-state index contributed by atoms with van der Waals surface area (Å²) in [5.74, 6) is 0.711. The molecule has 0 aliphatic carbocycles. The first kappa shape index (κ1) is 11.4. The first-order chi connectivity index (χ1) is 7.29. The van der Waals surface area contributed by atoms with Crippen LogP contribution < -0.4 is 5.73 Å². The van der Waals surface area contributed by atoms with Crippen LogP contribution in [0.2, 0.25) is 0 Å². The van der Waals surface area contributed by atoms with E-state index in [1.54, 1.807) is 0 Å². The van der Waals surface area contributed by atoms with E-state index in [1.165, 1.54) is 32.2 Å². The molecule has 2 saturated heterocycles. The van der Waals surface area contributed by atoms with E-state index in [2.05, 4.69) is 11.8 Å². The Bertz CT molecular complexity index is 192. The Labute approximate surface area is 93.0 Å². The Kier molecular flexibility index (Phi) is 4.00. The number of hydrogen-bond donors (Lipinski definition) is 1. The number of rotatable bonds is 3. The van der Waals surface area contributed by atoms with Crippen LogP contribution in [-0.2, 0) is 4.74 Å². The third kappa shape index (κ3) is 2.92. The van der Waals surface area contributed by atoms with Crippen molar-refractivity contribution in [2.24, 2.45) is 11.7 Å². The smallest absolute Gasteiger partial charge is 0.0702 e. The molecule has 0 spiro atoms. The predicted octanol–water partition coefficient (Wildman–Crippen LogP) is 1.22. The summed E-state index contributed by atoms with van der Waals surface area (Å²) >= 11 is 0. The Morgan fingerprint density at radius 1 is 1.33 bits per heavy atom. The summed E-state index contributed by atoms with van der Waals surface area (Å²) in [5.41, 5.74) is 5.76. The lowest BCUT2D eigenvalue weighted by Gasteiger charge is -2.38. The second-order valence-electron chi connectivity index (χ2n) is 5.12. The number of nitrogens with zero attached hydrogens (tertiary/aromatic N) is 1. The van der Waals surface area contributed by atoms with Gasteiger partial charge in [0.2, 0.25) is 0 Å². The van der Waals surface area contributed by atoms with E-state index < -0.39 is 0 Å². The van der Waals surface area contributed by atoms with E-state index in [0.717, 1.165) is 25.7 Å². The molecule has 0 amide bonds. The molecule has 3 nitrogen and oxygen atoms in total. The van der Waals surface area contributed by atoms with Crippen molar-refractivity contribution in [3.63, 3.8) is 0 Å². The highest BCUT2D eigenvalue weighted by Crippen LogP contribution is 2.23. The molecular formula is C12H24N2O. The van der Waals surface area contributed by atoms with Gasteiger partial charge in [0, 0.05) is 25.7 Å². The van der Waals surface area contributed by atoms with Crippen LogP contribution in [-0.4, -0.2) is 43.3 Å². The van der Waals surface area contributed by atoms with Gasteiger partial charge in [0.15, 0.2) is 0 Å². The van der Waals surface area contributed by atoms with Crippen molar-refractivity contribution in [3.8, 4) is 0 Å². The summed E-state index contributed by atoms with van der Waals surface area (Å²) in [6, 6.07) is 0.719. The van der Waals surface area contributed by atoms with Gasteiger partial charge in [0.05, 0.1) is 6.10 Å². The lowest BCUT2D eigenvalue weighted by atomic mass is 9.93. The van der Waals surface area contributed by atoms with Gasteiger partial charge < -0.3 is 10.5 Å². The van der Waals surface area contributed by atoms with E-state index in [9.17, 15) is 0 Å². The molecule has 88 valence electrons. The van der Waals surface area contributed by atoms with Gasteiger partial charge in [-0.25, -0.2) is 0 Å². The average Bonchev–Trinajstić information content (AvgIpc) is 2.74. The zero-order valence-electron chi connectivity index (χ0n) is 9.82. The number of piperidine rings is 1. The minimum atomic E-state index is 0.490. The molecule has 3 unspecified atom stereocenters. The Hall–Kier alpha value is -0.120. The standard InChI is InChI=1S/C12H24N2O/c1-10-4-5-11(7-13)8-14(10)9-12-3-2-6-15-12/h10-12H,2-9,13H2,1H3. The van der Waals surface area contributed by atoms with Crippen LogP contribution in [0.4, 0.5) is 0 Å². The highest BCUT2D eigenvalue weighted by molar-refractivity contribution is 4.82. The minimum Gasteiger partial charge on any atom is -0.377 e. The predicted molar refractivity (Wildman–Crippen MR) is 61.8 cm³/mol. The minimum absolute atomic E-state index is 0.490. The molecule has 2 aliphatic rings. The highest BCUT2D eigenvalue weighted by atomic mass is 16.5. The average molecular weight is 212 g/mol. The van der Waals surface area contributed by atoms with Crippen LogP contribution in [0.1, 0.15) is 32.6 Å². The van der Waals surface area contributed by atoms with Gasteiger partial charge >= 0.3 is 0 Å². The maximum absolute atomic E-state index is 5.76. The first-order valence-corrected chi connectivity index (χ1v) is 6.35. The third-order valence-corrected chi connectivity index (χ3v) is 3.90. The highest BCUT2D eigenvalue weighted by Gasteiger charge is 2.27. The van der Waals surface area contributed by atoms with Crippen LogP contribution in [0.5, 0.6) is 0 Å². The first-order valence-electron chi connectivity index (χ1n) is 6.35. The maximum atomic E-state index is 5.76. The largest absolute Gasteiger partial charge is 0.377 e. The monoisotopic (exact) mass is 212 g/mol. The van der Waals surface area contributed by atoms with E-state index in [0.29, 0.717) is 12.0 Å². The summed E-state index contributed by atoms with van der Waals surface area (Å²) in [7, 11) is 0. The van der Waals surface area contributed by atoms with E-state index in [1.807, 2.05) is 0 Å². The number of hydrogen-bond acceptors (Lipinski definition) is 3. The summed E-state index contributed by atoms with van der Waals surface area (Å²) < 4.78 is 5.70. The molecule has 0 radical (unpaired) electrons. The molecule has 0 aromatic rings. The topological polar surface area (TPSA) is 38.5 Å². The zero-order chi connectivity index (χ0) is 10.7. The van der Waals surface area contributed by atoms with E-state index in [4.69, 9.17) is 10.5 Å². The molecule has 2 heterocycles. The van der Waals surface area contributed by atoms with E-state index in [-0.39, 0.29) is 0 Å². The van der Waals surface area contributed by atoms with Crippen LogP contribution in [0.15, 0.2) is 0 Å². The molecule has 0 aromatic heterocycles. The Morgan fingerprint density at radius 3 is 2.87 bits per heavy atom. The molecule has 2 aliphatic heterocycles. The van der Waals surface area contributed by atoms with Gasteiger partial charge in [-0.1, -0.05) is 0 Å². The summed E-state index contributed by atoms with van der Waals surface area (Å²) in [6.45, 7) is 6.44. The number of nitrogens with two attached hydrogens (primary N) is 1. The number of ether oxygens (including phenoxy) is 1. The van der Waals surface area contributed by atoms with Gasteiger partial charge in [-0.3, -0.25) is 4.90 Å². The lowest BCUT2D eigenvalue weighted by Crippen LogP contribution is -2.46. The second kappa shape index (κ2) is 5.28. The van der Waals surface area contributed by atoms with Gasteiger partial charge in [-0.2, -0.15) is 0 Å². The van der Waals surface area contributed by atoms with Gasteiger partial charge in [-0.15, -0.1) is 0 Å². The van der Waals surface area contributed by atoms with E-state index >= 15 is 0 Å². The molecule has 0 bridgehead atoms. The lowest BCUT2D eigenvalue weighted by molar-refractivity contribution is 0.0361. The van der Waals surface area contributed by atoms with Crippen molar-refractivity contribution < 1.29 is 4.74 Å². The van der Waals surface area contributed by atoms with Crippen LogP contribution in [0.25, 0.3) is 0 Å². The van der Waals surface area contributed by atoms with Crippen molar-refractivity contribution >= 4 is 0 Å². The molecule has 3 atom stereocenters. The molecular weight excluding hydrogens is 188 g/mol. The van der Waals surface area contributed by atoms with Crippen LogP contribution in [0, 0.1) is 5.92 Å². The molecule has 2 rings (SSSR count).